The summed E-state index contributed by atoms with van der Waals surface area (Å²) >= 11 is 0. The highest BCUT2D eigenvalue weighted by Crippen LogP contribution is 2.23. The third-order valence-electron chi connectivity index (χ3n) is 7.68. The monoisotopic (exact) mass is 637 g/mol. The lowest BCUT2D eigenvalue weighted by Crippen LogP contribution is -2.38. The van der Waals surface area contributed by atoms with E-state index in [2.05, 4.69) is 78.5 Å². The van der Waals surface area contributed by atoms with Crippen LogP contribution in [0.15, 0.2) is 36.5 Å². The van der Waals surface area contributed by atoms with E-state index in [4.69, 9.17) is 0 Å². The number of aromatic hydroxyl groups is 1. The predicted molar refractivity (Wildman–Crippen MR) is 198 cm³/mol. The van der Waals surface area contributed by atoms with Crippen molar-refractivity contribution in [3.05, 3.63) is 42.1 Å². The Kier molecular flexibility index (Phi) is 23.7. The molecule has 0 radical (unpaired) electrons. The van der Waals surface area contributed by atoms with Crippen molar-refractivity contribution in [3.63, 3.8) is 0 Å². The van der Waals surface area contributed by atoms with E-state index in [1.54, 1.807) is 24.3 Å². The zero-order valence-corrected chi connectivity index (χ0v) is 31.7. The first kappa shape index (κ1) is 44.3. The van der Waals surface area contributed by atoms with E-state index in [1.165, 1.54) is 45.4 Å². The molecule has 258 valence electrons. The first-order valence-electron chi connectivity index (χ1n) is 17.1. The standard InChI is InChI=1S/C16H24O3S.C12H26N2.C7H14.C3H8/c1-12(17)14(11-20(5,19)16(2,3)4)10-13-6-8-15(18)9-7-13;1-9(2)7-13-11(5)8-14-12(6)10(3)4;1-7-5-3-2-4-6-7;1-3-2/h6-9,14,18H,5,10-11H2,1-4H3;9-11,13-14H,6-8H2,1-5H3;7H,2-6H2,1H3;3H2,1-2H3/t14-,20?;;;/m1.../s1. The molecule has 3 atom stereocenters. The van der Waals surface area contributed by atoms with Crippen LogP contribution in [0.4, 0.5) is 0 Å². The van der Waals surface area contributed by atoms with Gasteiger partial charge in [-0.25, -0.2) is 0 Å². The van der Waals surface area contributed by atoms with Gasteiger partial charge in [-0.3, -0.25) is 9.00 Å². The molecule has 1 aromatic carbocycles. The van der Waals surface area contributed by atoms with Gasteiger partial charge in [0.2, 0.25) is 0 Å². The highest BCUT2D eigenvalue weighted by Gasteiger charge is 2.28. The summed E-state index contributed by atoms with van der Waals surface area (Å²) in [6.45, 7) is 30.8. The average molecular weight is 637 g/mol. The summed E-state index contributed by atoms with van der Waals surface area (Å²) in [5.74, 6) is 6.35. The van der Waals surface area contributed by atoms with Crippen molar-refractivity contribution in [1.29, 1.82) is 0 Å². The second kappa shape index (κ2) is 23.5. The molecule has 0 spiro atoms. The molecular formula is C38H72N2O3S. The maximum absolute atomic E-state index is 12.7. The molecule has 1 aromatic rings. The van der Waals surface area contributed by atoms with Crippen LogP contribution in [0.25, 0.3) is 0 Å². The number of hydrogen-bond acceptors (Lipinski definition) is 5. The van der Waals surface area contributed by atoms with Crippen molar-refractivity contribution in [1.82, 2.24) is 10.6 Å². The minimum absolute atomic E-state index is 0.0266. The molecule has 0 amide bonds. The third kappa shape index (κ3) is 22.7. The van der Waals surface area contributed by atoms with Crippen LogP contribution in [0.2, 0.25) is 0 Å². The summed E-state index contributed by atoms with van der Waals surface area (Å²) in [5.41, 5.74) is 2.08. The van der Waals surface area contributed by atoms with E-state index in [-0.39, 0.29) is 17.5 Å². The number of Topliss-reactive ketones (excluding diaryl/α,β-unsaturated/α-hetero) is 1. The van der Waals surface area contributed by atoms with Crippen molar-refractivity contribution < 1.29 is 14.1 Å². The van der Waals surface area contributed by atoms with Gasteiger partial charge in [0, 0.05) is 34.7 Å². The summed E-state index contributed by atoms with van der Waals surface area (Å²) in [7, 11) is -2.34. The Labute approximate surface area is 274 Å². The Morgan fingerprint density at radius 2 is 1.50 bits per heavy atom. The second-order valence-electron chi connectivity index (χ2n) is 14.5. The number of nitrogens with one attached hydrogen (secondary N) is 2. The molecule has 2 rings (SSSR count). The van der Waals surface area contributed by atoms with E-state index >= 15 is 0 Å². The lowest BCUT2D eigenvalue weighted by molar-refractivity contribution is -0.120. The van der Waals surface area contributed by atoms with Gasteiger partial charge in [-0.1, -0.05) is 106 Å². The van der Waals surface area contributed by atoms with Crippen molar-refractivity contribution in [3.8, 4) is 5.75 Å². The fourth-order valence-corrected chi connectivity index (χ4v) is 5.62. The first-order chi connectivity index (χ1) is 20.3. The van der Waals surface area contributed by atoms with E-state index in [0.717, 1.165) is 30.3 Å². The Balaban J connectivity index is 0. The van der Waals surface area contributed by atoms with Crippen LogP contribution in [-0.2, 0) is 20.7 Å². The summed E-state index contributed by atoms with van der Waals surface area (Å²) < 4.78 is 12.2. The molecular weight excluding hydrogens is 564 g/mol. The van der Waals surface area contributed by atoms with Crippen LogP contribution >= 0.6 is 0 Å². The molecule has 1 fully saturated rings. The summed E-state index contributed by atoms with van der Waals surface area (Å²) in [5, 5.41) is 16.1. The highest BCUT2D eigenvalue weighted by atomic mass is 32.2. The van der Waals surface area contributed by atoms with Crippen LogP contribution in [0.3, 0.4) is 0 Å². The summed E-state index contributed by atoms with van der Waals surface area (Å²) in [6, 6.07) is 7.27. The number of benzene rings is 1. The fourth-order valence-electron chi connectivity index (χ4n) is 4.12. The summed E-state index contributed by atoms with van der Waals surface area (Å²) in [6.07, 6.45) is 9.21. The molecule has 0 aliphatic heterocycles. The quantitative estimate of drug-likeness (QED) is 0.200. The van der Waals surface area contributed by atoms with E-state index in [9.17, 15) is 14.1 Å². The van der Waals surface area contributed by atoms with Gasteiger partial charge in [0.25, 0.3) is 0 Å². The fraction of sp³-hybridized carbons (Fsp3) is 0.737. The number of phenols is 1. The number of carbonyl (C=O) groups excluding carboxylic acids is 1. The average Bonchev–Trinajstić information content (AvgIpc) is 2.92. The van der Waals surface area contributed by atoms with Crippen molar-refractivity contribution in [2.75, 3.05) is 18.8 Å². The Morgan fingerprint density at radius 3 is 1.86 bits per heavy atom. The summed E-state index contributed by atoms with van der Waals surface area (Å²) in [4.78, 5) is 11.8. The molecule has 0 heterocycles. The minimum atomic E-state index is -2.34. The van der Waals surface area contributed by atoms with E-state index in [1.807, 2.05) is 20.8 Å². The molecule has 44 heavy (non-hydrogen) atoms. The number of carbonyl (C=O) groups is 1. The third-order valence-corrected chi connectivity index (χ3v) is 10.9. The first-order valence-corrected chi connectivity index (χ1v) is 19.0. The number of phenolic OH excluding ortho intramolecular Hbond substituents is 1. The van der Waals surface area contributed by atoms with Gasteiger partial charge < -0.3 is 15.7 Å². The molecule has 6 heteroatoms. The van der Waals surface area contributed by atoms with Crippen molar-refractivity contribution >= 4 is 21.2 Å². The second-order valence-corrected chi connectivity index (χ2v) is 17.7. The largest absolute Gasteiger partial charge is 0.508 e. The molecule has 0 bridgehead atoms. The van der Waals surface area contributed by atoms with Crippen LogP contribution in [0, 0.1) is 23.7 Å². The molecule has 1 aliphatic rings. The number of hydrogen-bond donors (Lipinski definition) is 3. The normalized spacial score (nSPS) is 16.1. The highest BCUT2D eigenvalue weighted by molar-refractivity contribution is 8.01. The lowest BCUT2D eigenvalue weighted by Gasteiger charge is -2.27. The number of allylic oxidation sites excluding steroid dienone is 1. The number of rotatable bonds is 12. The van der Waals surface area contributed by atoms with Crippen LogP contribution in [0.1, 0.15) is 127 Å². The maximum Gasteiger partial charge on any atom is 0.134 e. The Morgan fingerprint density at radius 1 is 1.00 bits per heavy atom. The predicted octanol–water partition coefficient (Wildman–Crippen LogP) is 9.04. The molecule has 3 N–H and O–H groups in total. The Hall–Kier alpha value is -1.79. The van der Waals surface area contributed by atoms with Crippen LogP contribution in [-0.4, -0.2) is 50.6 Å². The zero-order chi connectivity index (χ0) is 34.5. The molecule has 1 aliphatic carbocycles. The SMILES string of the molecule is C=C(NCC(C)NCC(C)C)C(C)C.C=S(=O)(C[C@@H](Cc1ccc(O)cc1)C(C)=O)C(C)(C)C.CC1CCCCC1.CCC. The smallest absolute Gasteiger partial charge is 0.134 e. The maximum atomic E-state index is 12.7. The van der Waals surface area contributed by atoms with Crippen molar-refractivity contribution in [2.24, 2.45) is 23.7 Å². The lowest BCUT2D eigenvalue weighted by atomic mass is 9.91. The molecule has 1 saturated carbocycles. The van der Waals surface area contributed by atoms with Crippen LogP contribution in [0.5, 0.6) is 5.75 Å². The van der Waals surface area contributed by atoms with E-state index < -0.39 is 14.3 Å². The molecule has 0 aromatic heterocycles. The zero-order valence-electron chi connectivity index (χ0n) is 30.9. The molecule has 5 nitrogen and oxygen atoms in total. The van der Waals surface area contributed by atoms with Gasteiger partial charge in [0.05, 0.1) is 0 Å². The van der Waals surface area contributed by atoms with Gasteiger partial charge in [-0.2, -0.15) is 0 Å². The van der Waals surface area contributed by atoms with Crippen molar-refractivity contribution in [2.45, 2.75) is 139 Å². The van der Waals surface area contributed by atoms with Gasteiger partial charge in [-0.05, 0) is 98.4 Å². The Bertz CT molecular complexity index is 986. The molecule has 2 unspecified atom stereocenters. The molecule has 0 saturated heterocycles. The minimum Gasteiger partial charge on any atom is -0.508 e. The van der Waals surface area contributed by atoms with Gasteiger partial charge in [0.1, 0.15) is 11.5 Å². The van der Waals surface area contributed by atoms with Gasteiger partial charge >= 0.3 is 0 Å². The van der Waals surface area contributed by atoms with Crippen LogP contribution < -0.4 is 10.6 Å². The van der Waals surface area contributed by atoms with Gasteiger partial charge in [-0.15, -0.1) is 0 Å². The number of ketones is 1. The van der Waals surface area contributed by atoms with Gasteiger partial charge in [0.15, 0.2) is 0 Å². The topological polar surface area (TPSA) is 78.4 Å². The van der Waals surface area contributed by atoms with E-state index in [0.29, 0.717) is 30.1 Å².